The quantitative estimate of drug-likeness (QED) is 0.706. The molecule has 2 aromatic heterocycles. The van der Waals surface area contributed by atoms with E-state index in [2.05, 4.69) is 10.3 Å². The Morgan fingerprint density at radius 2 is 2.12 bits per heavy atom. The number of hydrogen-bond donors (Lipinski definition) is 1. The summed E-state index contributed by atoms with van der Waals surface area (Å²) >= 11 is 1.19. The Labute approximate surface area is 150 Å². The Morgan fingerprint density at radius 1 is 1.44 bits per heavy atom. The largest absolute Gasteiger partial charge is 0.351 e. The maximum atomic E-state index is 12.4. The Hall–Kier alpha value is -1.78. The summed E-state index contributed by atoms with van der Waals surface area (Å²) in [5, 5.41) is 3.25. The van der Waals surface area contributed by atoms with Crippen LogP contribution in [0.3, 0.4) is 0 Å². The van der Waals surface area contributed by atoms with E-state index in [0.717, 1.165) is 0 Å². The van der Waals surface area contributed by atoms with Gasteiger partial charge in [0.2, 0.25) is 10.0 Å². The number of sulfonamides is 1. The molecule has 1 amide bonds. The molecule has 1 N–H and O–H groups in total. The smallest absolute Gasteiger partial charge is 0.262 e. The van der Waals surface area contributed by atoms with Gasteiger partial charge in [0, 0.05) is 26.7 Å². The molecule has 0 fully saturated rings. The maximum Gasteiger partial charge on any atom is 0.262 e. The van der Waals surface area contributed by atoms with Crippen LogP contribution >= 0.6 is 11.3 Å². The number of nitrogens with one attached hydrogen (secondary N) is 1. The van der Waals surface area contributed by atoms with Gasteiger partial charge in [-0.25, -0.2) is 17.7 Å². The van der Waals surface area contributed by atoms with E-state index in [0.29, 0.717) is 46.7 Å². The summed E-state index contributed by atoms with van der Waals surface area (Å²) in [6.45, 7) is 4.61. The van der Waals surface area contributed by atoms with Crippen molar-refractivity contribution in [1.29, 1.82) is 0 Å². The molecule has 2 aromatic rings. The summed E-state index contributed by atoms with van der Waals surface area (Å²) in [6, 6.07) is 0. The van der Waals surface area contributed by atoms with Gasteiger partial charge >= 0.3 is 0 Å². The fourth-order valence-corrected chi connectivity index (χ4v) is 4.51. The van der Waals surface area contributed by atoms with Crippen LogP contribution in [0.25, 0.3) is 10.2 Å². The van der Waals surface area contributed by atoms with Gasteiger partial charge < -0.3 is 9.88 Å². The fraction of sp³-hybridized carbons (Fsp3) is 0.533. The zero-order valence-electron chi connectivity index (χ0n) is 14.7. The number of rotatable bonds is 7. The Kier molecular flexibility index (Phi) is 5.96. The number of nitrogens with zero attached hydrogens (tertiary/aromatic N) is 3. The van der Waals surface area contributed by atoms with Crippen molar-refractivity contribution in [2.75, 3.05) is 25.9 Å². The lowest BCUT2D eigenvalue weighted by Crippen LogP contribution is -2.33. The monoisotopic (exact) mass is 386 g/mol. The highest BCUT2D eigenvalue weighted by molar-refractivity contribution is 7.88. The minimum atomic E-state index is -3.22. The molecular weight excluding hydrogens is 364 g/mol. The first-order valence-electron chi connectivity index (χ1n) is 7.84. The average molecular weight is 386 g/mol. The molecule has 8 nitrogen and oxygen atoms in total. The van der Waals surface area contributed by atoms with Crippen molar-refractivity contribution in [2.24, 2.45) is 7.05 Å². The molecule has 0 aromatic carbocycles. The first-order chi connectivity index (χ1) is 11.7. The number of aromatic nitrogens is 2. The number of thiophene rings is 1. The van der Waals surface area contributed by atoms with Crippen LogP contribution in [0.5, 0.6) is 0 Å². The van der Waals surface area contributed by atoms with E-state index in [1.165, 1.54) is 32.8 Å². The van der Waals surface area contributed by atoms with Crippen molar-refractivity contribution < 1.29 is 13.2 Å². The van der Waals surface area contributed by atoms with Crippen LogP contribution in [-0.2, 0) is 17.1 Å². The van der Waals surface area contributed by atoms with Crippen molar-refractivity contribution in [2.45, 2.75) is 20.3 Å². The molecule has 25 heavy (non-hydrogen) atoms. The van der Waals surface area contributed by atoms with E-state index >= 15 is 0 Å². The van der Waals surface area contributed by atoms with E-state index in [9.17, 15) is 18.0 Å². The van der Waals surface area contributed by atoms with Crippen LogP contribution in [0.1, 0.15) is 28.6 Å². The number of amides is 1. The number of hydrogen-bond acceptors (Lipinski definition) is 6. The first-order valence-corrected chi connectivity index (χ1v) is 10.5. The third-order valence-electron chi connectivity index (χ3n) is 3.91. The van der Waals surface area contributed by atoms with E-state index in [1.807, 2.05) is 0 Å². The van der Waals surface area contributed by atoms with Gasteiger partial charge in [-0.05, 0) is 18.9 Å². The molecule has 0 saturated heterocycles. The van der Waals surface area contributed by atoms with Crippen LogP contribution in [0.4, 0.5) is 0 Å². The van der Waals surface area contributed by atoms with Crippen LogP contribution < -0.4 is 10.9 Å². The molecule has 0 aliphatic heterocycles. The molecule has 0 radical (unpaired) electrons. The second kappa shape index (κ2) is 7.63. The maximum absolute atomic E-state index is 12.4. The fourth-order valence-electron chi connectivity index (χ4n) is 2.52. The van der Waals surface area contributed by atoms with Crippen LogP contribution in [0.15, 0.2) is 11.1 Å². The van der Waals surface area contributed by atoms with Gasteiger partial charge in [-0.1, -0.05) is 6.92 Å². The molecule has 0 bridgehead atoms. The molecule has 0 saturated carbocycles. The summed E-state index contributed by atoms with van der Waals surface area (Å²) in [7, 11) is -1.61. The van der Waals surface area contributed by atoms with Crippen molar-refractivity contribution >= 4 is 37.5 Å². The van der Waals surface area contributed by atoms with Crippen LogP contribution in [0.2, 0.25) is 0 Å². The van der Waals surface area contributed by atoms with Crippen molar-refractivity contribution in [3.8, 4) is 0 Å². The van der Waals surface area contributed by atoms with Gasteiger partial charge in [0.15, 0.2) is 0 Å². The van der Waals surface area contributed by atoms with Gasteiger partial charge in [0.1, 0.15) is 4.83 Å². The number of carbonyl (C=O) groups is 1. The highest BCUT2D eigenvalue weighted by atomic mass is 32.2. The molecule has 0 aliphatic carbocycles. The standard InChI is InChI=1S/C15H22N4O4S2/c1-5-19(25(4,22)23)8-6-7-16-13(20)12-10(2)11-14(24-12)17-9-18(3)15(11)21/h9H,5-8H2,1-4H3,(H,16,20). The molecule has 0 aliphatic rings. The van der Waals surface area contributed by atoms with Gasteiger partial charge in [0.05, 0.1) is 22.8 Å². The Balaban J connectivity index is 2.05. The summed E-state index contributed by atoms with van der Waals surface area (Å²) in [5.74, 6) is -0.273. The molecule has 2 heterocycles. The minimum absolute atomic E-state index is 0.176. The highest BCUT2D eigenvalue weighted by Gasteiger charge is 2.19. The zero-order valence-corrected chi connectivity index (χ0v) is 16.3. The van der Waals surface area contributed by atoms with E-state index < -0.39 is 10.0 Å². The van der Waals surface area contributed by atoms with E-state index in [4.69, 9.17) is 0 Å². The van der Waals surface area contributed by atoms with E-state index in [1.54, 1.807) is 20.9 Å². The third-order valence-corrected chi connectivity index (χ3v) is 6.49. The molecule has 0 unspecified atom stereocenters. The SMILES string of the molecule is CCN(CCCNC(=O)c1sc2ncn(C)c(=O)c2c1C)S(C)(=O)=O. The lowest BCUT2D eigenvalue weighted by Gasteiger charge is -2.17. The average Bonchev–Trinajstić information content (AvgIpc) is 2.87. The molecule has 2 rings (SSSR count). The van der Waals surface area contributed by atoms with Gasteiger partial charge in [-0.3, -0.25) is 9.59 Å². The summed E-state index contributed by atoms with van der Waals surface area (Å²) in [6.07, 6.45) is 3.12. The third kappa shape index (κ3) is 4.25. The molecule has 0 atom stereocenters. The topological polar surface area (TPSA) is 101 Å². The highest BCUT2D eigenvalue weighted by Crippen LogP contribution is 2.26. The Morgan fingerprint density at radius 3 is 2.72 bits per heavy atom. The summed E-state index contributed by atoms with van der Waals surface area (Å²) in [5.41, 5.74) is 0.446. The minimum Gasteiger partial charge on any atom is -0.351 e. The second-order valence-corrected chi connectivity index (χ2v) is 8.74. The van der Waals surface area contributed by atoms with Crippen molar-refractivity contribution in [3.63, 3.8) is 0 Å². The second-order valence-electron chi connectivity index (χ2n) is 5.76. The van der Waals surface area contributed by atoms with Crippen LogP contribution in [-0.4, -0.2) is 54.1 Å². The summed E-state index contributed by atoms with van der Waals surface area (Å²) < 4.78 is 25.8. The lowest BCUT2D eigenvalue weighted by molar-refractivity contribution is 0.0956. The van der Waals surface area contributed by atoms with Gasteiger partial charge in [0.25, 0.3) is 11.5 Å². The number of fused-ring (bicyclic) bond motifs is 1. The predicted octanol–water partition coefficient (Wildman–Crippen LogP) is 0.705. The predicted molar refractivity (Wildman–Crippen MR) is 98.6 cm³/mol. The number of carbonyl (C=O) groups excluding carboxylic acids is 1. The van der Waals surface area contributed by atoms with Crippen molar-refractivity contribution in [1.82, 2.24) is 19.2 Å². The van der Waals surface area contributed by atoms with Crippen LogP contribution in [0, 0.1) is 6.92 Å². The van der Waals surface area contributed by atoms with Gasteiger partial charge in [-0.15, -0.1) is 11.3 Å². The molecule has 138 valence electrons. The molecular formula is C15H22N4O4S2. The first kappa shape index (κ1) is 19.5. The van der Waals surface area contributed by atoms with Gasteiger partial charge in [-0.2, -0.15) is 0 Å². The zero-order chi connectivity index (χ0) is 18.8. The Bertz CT molecular complexity index is 946. The lowest BCUT2D eigenvalue weighted by atomic mass is 10.2. The molecule has 0 spiro atoms. The van der Waals surface area contributed by atoms with Crippen molar-refractivity contribution in [3.05, 3.63) is 27.1 Å². The number of aryl methyl sites for hydroxylation is 2. The summed E-state index contributed by atoms with van der Waals surface area (Å²) in [4.78, 5) is 29.7. The normalized spacial score (nSPS) is 12.0. The van der Waals surface area contributed by atoms with E-state index in [-0.39, 0.29) is 11.5 Å². The molecule has 10 heteroatoms.